The lowest BCUT2D eigenvalue weighted by Crippen LogP contribution is -2.40. The van der Waals surface area contributed by atoms with Gasteiger partial charge in [0.2, 0.25) is 0 Å². The zero-order chi connectivity index (χ0) is 16.4. The van der Waals surface area contributed by atoms with E-state index in [9.17, 15) is 4.79 Å². The van der Waals surface area contributed by atoms with E-state index < -0.39 is 0 Å². The first-order valence-corrected chi connectivity index (χ1v) is 8.61. The third-order valence-corrected chi connectivity index (χ3v) is 4.76. The normalized spacial score (nSPS) is 18.8. The molecule has 2 aromatic rings. The number of aromatic nitrogens is 3. The maximum absolute atomic E-state index is 12.8. The molecule has 1 aliphatic rings. The number of fused-ring (bicyclic) bond motifs is 1. The van der Waals surface area contributed by atoms with Crippen molar-refractivity contribution in [2.45, 2.75) is 39.5 Å². The Bertz CT molecular complexity index is 691. The van der Waals surface area contributed by atoms with Crippen LogP contribution in [0.2, 0.25) is 0 Å². The van der Waals surface area contributed by atoms with Gasteiger partial charge in [-0.05, 0) is 37.2 Å². The number of pyridine rings is 1. The van der Waals surface area contributed by atoms with Crippen LogP contribution in [0, 0.1) is 11.8 Å². The fraction of sp³-hybridized carbons (Fsp3) is 0.611. The van der Waals surface area contributed by atoms with Crippen LogP contribution in [0.25, 0.3) is 11.2 Å². The number of nitrogens with zero attached hydrogens (tertiary/aromatic N) is 4. The van der Waals surface area contributed by atoms with E-state index in [1.807, 2.05) is 22.6 Å². The van der Waals surface area contributed by atoms with Crippen LogP contribution in [-0.2, 0) is 7.05 Å². The van der Waals surface area contributed by atoms with E-state index in [1.54, 1.807) is 12.5 Å². The lowest BCUT2D eigenvalue weighted by molar-refractivity contribution is 0.0664. The Morgan fingerprint density at radius 1 is 1.39 bits per heavy atom. The standard InChI is InChI=1S/C18H26N4O/c1-13(2)6-7-14-5-4-8-22(11-14)18(23)15-9-16-17(19-10-15)21(3)12-20-16/h9-10,12-14H,4-8,11H2,1-3H3. The van der Waals surface area contributed by atoms with Crippen LogP contribution in [0.4, 0.5) is 0 Å². The molecule has 1 fully saturated rings. The minimum absolute atomic E-state index is 0.0966. The molecule has 5 nitrogen and oxygen atoms in total. The van der Waals surface area contributed by atoms with Crippen molar-refractivity contribution in [3.05, 3.63) is 24.2 Å². The first-order valence-electron chi connectivity index (χ1n) is 8.61. The van der Waals surface area contributed by atoms with Gasteiger partial charge in [-0.15, -0.1) is 0 Å². The van der Waals surface area contributed by atoms with Crippen molar-refractivity contribution in [2.75, 3.05) is 13.1 Å². The van der Waals surface area contributed by atoms with Gasteiger partial charge < -0.3 is 9.47 Å². The molecule has 0 N–H and O–H groups in total. The number of carbonyl (C=O) groups excluding carboxylic acids is 1. The number of hydrogen-bond donors (Lipinski definition) is 0. The molecular formula is C18H26N4O. The molecule has 0 radical (unpaired) electrons. The Kier molecular flexibility index (Phi) is 4.64. The number of imidazole rings is 1. The molecule has 23 heavy (non-hydrogen) atoms. The topological polar surface area (TPSA) is 51.0 Å². The smallest absolute Gasteiger partial charge is 0.255 e. The van der Waals surface area contributed by atoms with Crippen LogP contribution in [-0.4, -0.2) is 38.4 Å². The van der Waals surface area contributed by atoms with Gasteiger partial charge in [-0.3, -0.25) is 4.79 Å². The minimum Gasteiger partial charge on any atom is -0.338 e. The van der Waals surface area contributed by atoms with Gasteiger partial charge in [-0.1, -0.05) is 20.3 Å². The van der Waals surface area contributed by atoms with Crippen molar-refractivity contribution < 1.29 is 4.79 Å². The number of carbonyl (C=O) groups is 1. The highest BCUT2D eigenvalue weighted by Crippen LogP contribution is 2.24. The molecule has 1 saturated heterocycles. The number of rotatable bonds is 4. The van der Waals surface area contributed by atoms with Gasteiger partial charge >= 0.3 is 0 Å². The van der Waals surface area contributed by atoms with Gasteiger partial charge in [-0.25, -0.2) is 9.97 Å². The van der Waals surface area contributed by atoms with Crippen LogP contribution in [0.5, 0.6) is 0 Å². The van der Waals surface area contributed by atoms with E-state index in [4.69, 9.17) is 0 Å². The molecule has 0 aliphatic carbocycles. The largest absolute Gasteiger partial charge is 0.338 e. The number of amides is 1. The number of hydrogen-bond acceptors (Lipinski definition) is 3. The molecule has 124 valence electrons. The van der Waals surface area contributed by atoms with Crippen LogP contribution < -0.4 is 0 Å². The molecule has 1 unspecified atom stereocenters. The predicted octanol–water partition coefficient (Wildman–Crippen LogP) is 3.26. The van der Waals surface area contributed by atoms with Crippen molar-refractivity contribution in [2.24, 2.45) is 18.9 Å². The van der Waals surface area contributed by atoms with Crippen molar-refractivity contribution in [1.29, 1.82) is 0 Å². The molecule has 3 heterocycles. The van der Waals surface area contributed by atoms with E-state index in [-0.39, 0.29) is 5.91 Å². The lowest BCUT2D eigenvalue weighted by Gasteiger charge is -2.33. The number of aryl methyl sites for hydroxylation is 1. The van der Waals surface area contributed by atoms with E-state index >= 15 is 0 Å². The van der Waals surface area contributed by atoms with E-state index in [0.29, 0.717) is 11.5 Å². The summed E-state index contributed by atoms with van der Waals surface area (Å²) < 4.78 is 1.87. The second-order valence-electron chi connectivity index (χ2n) is 7.15. The maximum atomic E-state index is 12.8. The average molecular weight is 314 g/mol. The van der Waals surface area contributed by atoms with E-state index in [1.165, 1.54) is 19.3 Å². The molecule has 2 aromatic heterocycles. The summed E-state index contributed by atoms with van der Waals surface area (Å²) in [5.74, 6) is 1.47. The molecule has 1 aliphatic heterocycles. The van der Waals surface area contributed by atoms with Gasteiger partial charge in [0.1, 0.15) is 5.52 Å². The Hall–Kier alpha value is -1.91. The van der Waals surface area contributed by atoms with Gasteiger partial charge in [0.05, 0.1) is 11.9 Å². The highest BCUT2D eigenvalue weighted by molar-refractivity contribution is 5.96. The summed E-state index contributed by atoms with van der Waals surface area (Å²) in [6, 6.07) is 1.86. The summed E-state index contributed by atoms with van der Waals surface area (Å²) in [5.41, 5.74) is 2.25. The van der Waals surface area contributed by atoms with Gasteiger partial charge in [0.15, 0.2) is 5.65 Å². The molecule has 5 heteroatoms. The second kappa shape index (κ2) is 6.69. The lowest BCUT2D eigenvalue weighted by atomic mass is 9.90. The first-order chi connectivity index (χ1) is 11.0. The van der Waals surface area contributed by atoms with E-state index in [0.717, 1.165) is 36.6 Å². The average Bonchev–Trinajstić information content (AvgIpc) is 2.93. The first kappa shape index (κ1) is 16.0. The van der Waals surface area contributed by atoms with Gasteiger partial charge in [0.25, 0.3) is 5.91 Å². The van der Waals surface area contributed by atoms with Crippen molar-refractivity contribution in [1.82, 2.24) is 19.4 Å². The van der Waals surface area contributed by atoms with Crippen molar-refractivity contribution in [3.8, 4) is 0 Å². The summed E-state index contributed by atoms with van der Waals surface area (Å²) in [5, 5.41) is 0. The highest BCUT2D eigenvalue weighted by Gasteiger charge is 2.25. The van der Waals surface area contributed by atoms with Gasteiger partial charge in [-0.2, -0.15) is 0 Å². The fourth-order valence-electron chi connectivity index (χ4n) is 3.37. The molecule has 0 saturated carbocycles. The zero-order valence-electron chi connectivity index (χ0n) is 14.3. The SMILES string of the molecule is CC(C)CCC1CCCN(C(=O)c2cnc3c(c2)ncn3C)C1. The van der Waals surface area contributed by atoms with E-state index in [2.05, 4.69) is 23.8 Å². The number of likely N-dealkylation sites (tertiary alicyclic amines) is 1. The predicted molar refractivity (Wildman–Crippen MR) is 91.2 cm³/mol. The van der Waals surface area contributed by atoms with Gasteiger partial charge in [0, 0.05) is 26.3 Å². The number of piperidine rings is 1. The quantitative estimate of drug-likeness (QED) is 0.870. The zero-order valence-corrected chi connectivity index (χ0v) is 14.3. The Balaban J connectivity index is 1.70. The third kappa shape index (κ3) is 3.54. The summed E-state index contributed by atoms with van der Waals surface area (Å²) >= 11 is 0. The molecule has 3 rings (SSSR count). The highest BCUT2D eigenvalue weighted by atomic mass is 16.2. The Morgan fingerprint density at radius 3 is 3.00 bits per heavy atom. The fourth-order valence-corrected chi connectivity index (χ4v) is 3.37. The van der Waals surface area contributed by atoms with Crippen molar-refractivity contribution >= 4 is 17.1 Å². The molecule has 0 bridgehead atoms. The van der Waals surface area contributed by atoms with Crippen LogP contribution in [0.15, 0.2) is 18.6 Å². The third-order valence-electron chi connectivity index (χ3n) is 4.76. The maximum Gasteiger partial charge on any atom is 0.255 e. The summed E-state index contributed by atoms with van der Waals surface area (Å²) in [6.45, 7) is 6.27. The molecular weight excluding hydrogens is 288 g/mol. The molecule has 1 atom stereocenters. The van der Waals surface area contributed by atoms with Crippen LogP contribution in [0.3, 0.4) is 0 Å². The van der Waals surface area contributed by atoms with Crippen LogP contribution >= 0.6 is 0 Å². The summed E-state index contributed by atoms with van der Waals surface area (Å²) in [6.07, 6.45) is 8.23. The summed E-state index contributed by atoms with van der Waals surface area (Å²) in [4.78, 5) is 23.5. The monoisotopic (exact) mass is 314 g/mol. The molecule has 0 aromatic carbocycles. The second-order valence-corrected chi connectivity index (χ2v) is 7.15. The Labute approximate surface area is 137 Å². The Morgan fingerprint density at radius 2 is 2.22 bits per heavy atom. The molecule has 0 spiro atoms. The van der Waals surface area contributed by atoms with Crippen LogP contribution in [0.1, 0.15) is 49.9 Å². The molecule has 1 amide bonds. The van der Waals surface area contributed by atoms with Crippen molar-refractivity contribution in [3.63, 3.8) is 0 Å². The summed E-state index contributed by atoms with van der Waals surface area (Å²) in [7, 11) is 1.91. The minimum atomic E-state index is 0.0966.